The van der Waals surface area contributed by atoms with E-state index in [-0.39, 0.29) is 5.92 Å². The van der Waals surface area contributed by atoms with Gasteiger partial charge in [-0.1, -0.05) is 43.8 Å². The maximum Gasteiger partial charge on any atom is 0.407 e. The summed E-state index contributed by atoms with van der Waals surface area (Å²) >= 11 is 0. The highest BCUT2D eigenvalue weighted by Gasteiger charge is 2.16. The van der Waals surface area contributed by atoms with Crippen LogP contribution in [0.15, 0.2) is 42.7 Å². The largest absolute Gasteiger partial charge is 0.494 e. The van der Waals surface area contributed by atoms with Crippen LogP contribution in [-0.4, -0.2) is 18.2 Å². The zero-order valence-electron chi connectivity index (χ0n) is 14.0. The Morgan fingerprint density at radius 3 is 2.50 bits per heavy atom. The first kappa shape index (κ1) is 18.1. The number of carbonyl (C=O) groups is 1. The van der Waals surface area contributed by atoms with Crippen molar-refractivity contribution >= 4 is 6.09 Å². The SMILES string of the molecule is C=C(CC(C)CNC(=O)OC(C)(C)C)OCc1ccccc1. The Morgan fingerprint density at radius 1 is 1.27 bits per heavy atom. The average molecular weight is 305 g/mol. The van der Waals surface area contributed by atoms with E-state index in [1.165, 1.54) is 0 Å². The molecule has 4 heteroatoms. The molecule has 1 atom stereocenters. The van der Waals surface area contributed by atoms with Gasteiger partial charge < -0.3 is 14.8 Å². The maximum absolute atomic E-state index is 11.6. The van der Waals surface area contributed by atoms with Gasteiger partial charge in [0.15, 0.2) is 0 Å². The average Bonchev–Trinajstić information content (AvgIpc) is 2.42. The van der Waals surface area contributed by atoms with Gasteiger partial charge >= 0.3 is 6.09 Å². The molecule has 0 aliphatic carbocycles. The molecule has 1 aromatic carbocycles. The Hall–Kier alpha value is -1.97. The van der Waals surface area contributed by atoms with Crippen molar-refractivity contribution in [1.82, 2.24) is 5.32 Å². The van der Waals surface area contributed by atoms with Crippen molar-refractivity contribution in [2.24, 2.45) is 5.92 Å². The predicted molar refractivity (Wildman–Crippen MR) is 88.4 cm³/mol. The third-order valence-electron chi connectivity index (χ3n) is 2.86. The van der Waals surface area contributed by atoms with Crippen LogP contribution in [0, 0.1) is 5.92 Å². The first-order valence-corrected chi connectivity index (χ1v) is 7.57. The molecule has 122 valence electrons. The summed E-state index contributed by atoms with van der Waals surface area (Å²) in [4.78, 5) is 11.6. The number of hydrogen-bond acceptors (Lipinski definition) is 3. The minimum Gasteiger partial charge on any atom is -0.494 e. The van der Waals surface area contributed by atoms with Gasteiger partial charge in [-0.2, -0.15) is 0 Å². The minimum absolute atomic E-state index is 0.232. The summed E-state index contributed by atoms with van der Waals surface area (Å²) < 4.78 is 10.8. The van der Waals surface area contributed by atoms with Gasteiger partial charge in [-0.25, -0.2) is 4.79 Å². The van der Waals surface area contributed by atoms with Crippen LogP contribution in [0.2, 0.25) is 0 Å². The Bertz CT molecular complexity index is 477. The molecule has 0 heterocycles. The van der Waals surface area contributed by atoms with E-state index in [2.05, 4.69) is 11.9 Å². The third-order valence-corrected chi connectivity index (χ3v) is 2.86. The molecule has 0 aromatic heterocycles. The minimum atomic E-state index is -0.476. The van der Waals surface area contributed by atoms with Crippen molar-refractivity contribution in [2.75, 3.05) is 6.54 Å². The van der Waals surface area contributed by atoms with Gasteiger partial charge in [-0.05, 0) is 32.3 Å². The van der Waals surface area contributed by atoms with Crippen LogP contribution in [0.3, 0.4) is 0 Å². The summed E-state index contributed by atoms with van der Waals surface area (Å²) in [7, 11) is 0. The fourth-order valence-electron chi connectivity index (χ4n) is 1.85. The molecule has 0 fully saturated rings. The molecule has 1 unspecified atom stereocenters. The van der Waals surface area contributed by atoms with Gasteiger partial charge in [-0.15, -0.1) is 0 Å². The van der Waals surface area contributed by atoms with Gasteiger partial charge in [0.25, 0.3) is 0 Å². The number of benzene rings is 1. The van der Waals surface area contributed by atoms with Crippen molar-refractivity contribution in [2.45, 2.75) is 46.3 Å². The highest BCUT2D eigenvalue weighted by atomic mass is 16.6. The number of amides is 1. The normalized spacial score (nSPS) is 12.4. The lowest BCUT2D eigenvalue weighted by molar-refractivity contribution is 0.0518. The van der Waals surface area contributed by atoms with Gasteiger partial charge in [0, 0.05) is 13.0 Å². The van der Waals surface area contributed by atoms with Gasteiger partial charge in [0.1, 0.15) is 12.2 Å². The van der Waals surface area contributed by atoms with E-state index in [1.807, 2.05) is 58.0 Å². The Labute approximate surface area is 133 Å². The monoisotopic (exact) mass is 305 g/mol. The van der Waals surface area contributed by atoms with Crippen molar-refractivity contribution < 1.29 is 14.3 Å². The van der Waals surface area contributed by atoms with Crippen molar-refractivity contribution in [3.8, 4) is 0 Å². The molecule has 0 spiro atoms. The number of carbonyl (C=O) groups excluding carboxylic acids is 1. The van der Waals surface area contributed by atoms with Crippen LogP contribution in [0.5, 0.6) is 0 Å². The quantitative estimate of drug-likeness (QED) is 0.765. The predicted octanol–water partition coefficient (Wildman–Crippen LogP) is 4.27. The molecule has 0 saturated heterocycles. The summed E-state index contributed by atoms with van der Waals surface area (Å²) in [6.45, 7) is 12.5. The highest BCUT2D eigenvalue weighted by molar-refractivity contribution is 5.67. The first-order chi connectivity index (χ1) is 10.3. The zero-order valence-corrected chi connectivity index (χ0v) is 14.0. The summed E-state index contributed by atoms with van der Waals surface area (Å²) in [6.07, 6.45) is 0.304. The van der Waals surface area contributed by atoms with E-state index in [9.17, 15) is 4.79 Å². The zero-order chi connectivity index (χ0) is 16.6. The van der Waals surface area contributed by atoms with E-state index in [1.54, 1.807) is 0 Å². The first-order valence-electron chi connectivity index (χ1n) is 7.57. The van der Waals surface area contributed by atoms with Crippen molar-refractivity contribution in [3.05, 3.63) is 48.2 Å². The molecule has 1 N–H and O–H groups in total. The molecule has 1 rings (SSSR count). The summed E-state index contributed by atoms with van der Waals surface area (Å²) in [6, 6.07) is 9.97. The second-order valence-corrected chi connectivity index (χ2v) is 6.51. The molecule has 4 nitrogen and oxygen atoms in total. The molecule has 0 saturated carbocycles. The number of alkyl carbamates (subject to hydrolysis) is 1. The van der Waals surface area contributed by atoms with E-state index < -0.39 is 11.7 Å². The molecule has 1 amide bonds. The second kappa shape index (κ2) is 8.47. The second-order valence-electron chi connectivity index (χ2n) is 6.51. The van der Waals surface area contributed by atoms with Gasteiger partial charge in [-0.3, -0.25) is 0 Å². The fourth-order valence-corrected chi connectivity index (χ4v) is 1.85. The number of rotatable bonds is 7. The highest BCUT2D eigenvalue weighted by Crippen LogP contribution is 2.13. The molecular formula is C18H27NO3. The fraction of sp³-hybridized carbons (Fsp3) is 0.500. The molecule has 0 bridgehead atoms. The number of hydrogen-bond donors (Lipinski definition) is 1. The Balaban J connectivity index is 2.22. The van der Waals surface area contributed by atoms with Crippen molar-refractivity contribution in [3.63, 3.8) is 0 Å². The molecule has 0 aliphatic heterocycles. The maximum atomic E-state index is 11.6. The van der Waals surface area contributed by atoms with Crippen LogP contribution >= 0.6 is 0 Å². The van der Waals surface area contributed by atoms with Crippen LogP contribution in [0.1, 0.15) is 39.7 Å². The summed E-state index contributed by atoms with van der Waals surface area (Å²) in [5.41, 5.74) is 0.638. The molecule has 0 radical (unpaired) electrons. The Morgan fingerprint density at radius 2 is 1.91 bits per heavy atom. The lowest BCUT2D eigenvalue weighted by Gasteiger charge is -2.21. The van der Waals surface area contributed by atoms with E-state index in [0.29, 0.717) is 19.6 Å². The Kier molecular flexibility index (Phi) is 6.96. The molecule has 22 heavy (non-hydrogen) atoms. The van der Waals surface area contributed by atoms with Crippen LogP contribution in [0.4, 0.5) is 4.79 Å². The van der Waals surface area contributed by atoms with E-state index in [4.69, 9.17) is 9.47 Å². The molecular weight excluding hydrogens is 278 g/mol. The number of ether oxygens (including phenoxy) is 2. The lowest BCUT2D eigenvalue weighted by Crippen LogP contribution is -2.34. The topological polar surface area (TPSA) is 47.6 Å². The lowest BCUT2D eigenvalue weighted by atomic mass is 10.1. The smallest absolute Gasteiger partial charge is 0.407 e. The molecule has 1 aromatic rings. The van der Waals surface area contributed by atoms with Gasteiger partial charge in [0.05, 0.1) is 5.76 Å². The van der Waals surface area contributed by atoms with Gasteiger partial charge in [0.2, 0.25) is 0 Å². The van der Waals surface area contributed by atoms with Crippen molar-refractivity contribution in [1.29, 1.82) is 0 Å². The number of allylic oxidation sites excluding steroid dienone is 1. The molecule has 0 aliphatic rings. The third kappa shape index (κ3) is 8.35. The van der Waals surface area contributed by atoms with Crippen LogP contribution in [0.25, 0.3) is 0 Å². The van der Waals surface area contributed by atoms with E-state index >= 15 is 0 Å². The summed E-state index contributed by atoms with van der Waals surface area (Å²) in [5, 5.41) is 2.76. The standard InChI is InChI=1S/C18H27NO3/c1-14(12-19-17(20)22-18(3,4)5)11-15(2)21-13-16-9-7-6-8-10-16/h6-10,14H,2,11-13H2,1,3-5H3,(H,19,20). The number of nitrogens with one attached hydrogen (secondary N) is 1. The van der Waals surface area contributed by atoms with Crippen LogP contribution < -0.4 is 5.32 Å². The van der Waals surface area contributed by atoms with E-state index in [0.717, 1.165) is 11.3 Å². The summed E-state index contributed by atoms with van der Waals surface area (Å²) in [5.74, 6) is 0.957. The van der Waals surface area contributed by atoms with Crippen LogP contribution in [-0.2, 0) is 16.1 Å².